The Morgan fingerprint density at radius 2 is 1.86 bits per heavy atom. The molecule has 1 aromatic heterocycles. The first-order valence-electron chi connectivity index (χ1n) is 8.41. The van der Waals surface area contributed by atoms with Crippen LogP contribution in [0.2, 0.25) is 0 Å². The maximum Gasteiger partial charge on any atom is 0.248 e. The normalized spacial score (nSPS) is 10.7. The van der Waals surface area contributed by atoms with E-state index in [9.17, 15) is 18.4 Å². The summed E-state index contributed by atoms with van der Waals surface area (Å²) < 4.78 is 32.3. The van der Waals surface area contributed by atoms with E-state index in [-0.39, 0.29) is 36.0 Å². The van der Waals surface area contributed by atoms with Crippen molar-refractivity contribution in [2.24, 2.45) is 5.73 Å². The second-order valence-electron chi connectivity index (χ2n) is 6.11. The van der Waals surface area contributed by atoms with Gasteiger partial charge in [0.05, 0.1) is 11.8 Å². The summed E-state index contributed by atoms with van der Waals surface area (Å²) in [5.41, 5.74) is 6.25. The number of oxazole rings is 1. The number of primary amides is 1. The van der Waals surface area contributed by atoms with Gasteiger partial charge < -0.3 is 15.1 Å². The van der Waals surface area contributed by atoms with E-state index < -0.39 is 17.5 Å². The fourth-order valence-corrected chi connectivity index (χ4v) is 2.61. The summed E-state index contributed by atoms with van der Waals surface area (Å²) >= 11 is 0. The molecule has 6 nitrogen and oxygen atoms in total. The Labute approximate surface area is 159 Å². The zero-order chi connectivity index (χ0) is 20.3. The first kappa shape index (κ1) is 19.2. The van der Waals surface area contributed by atoms with Gasteiger partial charge in [-0.05, 0) is 36.4 Å². The third-order valence-electron chi connectivity index (χ3n) is 4.22. The summed E-state index contributed by atoms with van der Waals surface area (Å²) in [6, 6.07) is 9.49. The van der Waals surface area contributed by atoms with E-state index in [1.165, 1.54) is 17.2 Å². The molecular weight excluding hydrogens is 368 g/mol. The van der Waals surface area contributed by atoms with Gasteiger partial charge in [-0.3, -0.25) is 9.59 Å². The number of rotatable bonds is 6. The number of carbonyl (C=O) groups is 2. The van der Waals surface area contributed by atoms with Gasteiger partial charge >= 0.3 is 0 Å². The van der Waals surface area contributed by atoms with Crippen LogP contribution in [0.25, 0.3) is 11.3 Å². The fraction of sp³-hybridized carbons (Fsp3) is 0.150. The average Bonchev–Trinajstić information content (AvgIpc) is 3.14. The standard InChI is InChI=1S/C20H17F2N3O3/c1-25(14-5-2-12(3-6-14)20(23)27)19(26)9-8-18-24-11-17(28-18)15-7-4-13(21)10-16(15)22/h2-7,10-11H,8-9H2,1H3,(H2,23,27). The van der Waals surface area contributed by atoms with E-state index in [4.69, 9.17) is 10.2 Å². The van der Waals surface area contributed by atoms with E-state index in [1.807, 2.05) is 0 Å². The molecule has 2 amide bonds. The lowest BCUT2D eigenvalue weighted by atomic mass is 10.2. The number of nitrogens with two attached hydrogens (primary N) is 1. The number of benzene rings is 2. The third-order valence-corrected chi connectivity index (χ3v) is 4.22. The predicted octanol–water partition coefficient (Wildman–Crippen LogP) is 3.31. The van der Waals surface area contributed by atoms with Crippen LogP contribution in [0.1, 0.15) is 22.7 Å². The van der Waals surface area contributed by atoms with Crippen molar-refractivity contribution in [1.82, 2.24) is 4.98 Å². The van der Waals surface area contributed by atoms with Gasteiger partial charge in [-0.15, -0.1) is 0 Å². The number of aryl methyl sites for hydroxylation is 1. The highest BCUT2D eigenvalue weighted by atomic mass is 19.1. The molecule has 0 atom stereocenters. The number of hydrogen-bond donors (Lipinski definition) is 1. The Balaban J connectivity index is 1.63. The Bertz CT molecular complexity index is 1020. The monoisotopic (exact) mass is 385 g/mol. The first-order valence-corrected chi connectivity index (χ1v) is 8.41. The van der Waals surface area contributed by atoms with Crippen LogP contribution in [-0.4, -0.2) is 23.8 Å². The van der Waals surface area contributed by atoms with Crippen LogP contribution in [0.15, 0.2) is 53.1 Å². The van der Waals surface area contributed by atoms with Crippen LogP contribution in [0.5, 0.6) is 0 Å². The lowest BCUT2D eigenvalue weighted by Crippen LogP contribution is -2.26. The molecule has 0 aliphatic carbocycles. The fourth-order valence-electron chi connectivity index (χ4n) is 2.61. The van der Waals surface area contributed by atoms with Crippen LogP contribution < -0.4 is 10.6 Å². The molecule has 0 saturated heterocycles. The van der Waals surface area contributed by atoms with Gasteiger partial charge in [-0.2, -0.15) is 0 Å². The SMILES string of the molecule is CN(C(=O)CCc1ncc(-c2ccc(F)cc2F)o1)c1ccc(C(N)=O)cc1. The zero-order valence-corrected chi connectivity index (χ0v) is 15.0. The van der Waals surface area contributed by atoms with E-state index >= 15 is 0 Å². The summed E-state index contributed by atoms with van der Waals surface area (Å²) in [5.74, 6) is -1.74. The van der Waals surface area contributed by atoms with Gasteiger partial charge in [-0.25, -0.2) is 13.8 Å². The highest BCUT2D eigenvalue weighted by Gasteiger charge is 2.15. The van der Waals surface area contributed by atoms with Gasteiger partial charge in [-0.1, -0.05) is 0 Å². The Morgan fingerprint density at radius 1 is 1.14 bits per heavy atom. The summed E-state index contributed by atoms with van der Waals surface area (Å²) in [5, 5.41) is 0. The summed E-state index contributed by atoms with van der Waals surface area (Å²) in [7, 11) is 1.61. The molecule has 1 heterocycles. The lowest BCUT2D eigenvalue weighted by Gasteiger charge is -2.17. The molecule has 8 heteroatoms. The minimum atomic E-state index is -0.752. The highest BCUT2D eigenvalue weighted by Crippen LogP contribution is 2.25. The lowest BCUT2D eigenvalue weighted by molar-refractivity contribution is -0.118. The molecule has 0 aliphatic rings. The number of amides is 2. The van der Waals surface area contributed by atoms with Crippen molar-refractivity contribution in [2.45, 2.75) is 12.8 Å². The van der Waals surface area contributed by atoms with Gasteiger partial charge in [0.2, 0.25) is 11.8 Å². The molecule has 0 bridgehead atoms. The number of halogens is 2. The molecule has 2 aromatic carbocycles. The van der Waals surface area contributed by atoms with Gasteiger partial charge in [0, 0.05) is 37.2 Å². The molecule has 0 radical (unpaired) electrons. The summed E-state index contributed by atoms with van der Waals surface area (Å²) in [4.78, 5) is 28.9. The van der Waals surface area contributed by atoms with Gasteiger partial charge in [0.25, 0.3) is 0 Å². The zero-order valence-electron chi connectivity index (χ0n) is 15.0. The maximum absolute atomic E-state index is 13.8. The Morgan fingerprint density at radius 3 is 2.50 bits per heavy atom. The second-order valence-corrected chi connectivity index (χ2v) is 6.11. The molecule has 0 fully saturated rings. The molecule has 3 rings (SSSR count). The molecular formula is C20H17F2N3O3. The van der Waals surface area contributed by atoms with Crippen molar-refractivity contribution in [2.75, 3.05) is 11.9 Å². The van der Waals surface area contributed by atoms with E-state index in [0.717, 1.165) is 12.1 Å². The molecule has 0 saturated carbocycles. The number of nitrogens with zero attached hydrogens (tertiary/aromatic N) is 2. The van der Waals surface area contributed by atoms with Crippen molar-refractivity contribution in [1.29, 1.82) is 0 Å². The van der Waals surface area contributed by atoms with Crippen molar-refractivity contribution < 1.29 is 22.8 Å². The summed E-state index contributed by atoms with van der Waals surface area (Å²) in [6.07, 6.45) is 1.66. The second kappa shape index (κ2) is 7.99. The molecule has 2 N–H and O–H groups in total. The van der Waals surface area contributed by atoms with Crippen molar-refractivity contribution >= 4 is 17.5 Å². The topological polar surface area (TPSA) is 89.4 Å². The Hall–Kier alpha value is -3.55. The van der Waals surface area contributed by atoms with Crippen LogP contribution in [0.4, 0.5) is 14.5 Å². The van der Waals surface area contributed by atoms with Gasteiger partial charge in [0.15, 0.2) is 11.7 Å². The van der Waals surface area contributed by atoms with E-state index in [0.29, 0.717) is 11.3 Å². The predicted molar refractivity (Wildman–Crippen MR) is 98.5 cm³/mol. The molecule has 0 unspecified atom stereocenters. The third kappa shape index (κ3) is 4.22. The van der Waals surface area contributed by atoms with Crippen molar-refractivity contribution in [3.8, 4) is 11.3 Å². The maximum atomic E-state index is 13.8. The minimum Gasteiger partial charge on any atom is -0.441 e. The quantitative estimate of drug-likeness (QED) is 0.705. The molecule has 3 aromatic rings. The summed E-state index contributed by atoms with van der Waals surface area (Å²) in [6.45, 7) is 0. The largest absolute Gasteiger partial charge is 0.441 e. The van der Waals surface area contributed by atoms with Crippen LogP contribution in [-0.2, 0) is 11.2 Å². The molecule has 0 spiro atoms. The number of hydrogen-bond acceptors (Lipinski definition) is 4. The van der Waals surface area contributed by atoms with Crippen molar-refractivity contribution in [3.05, 3.63) is 71.8 Å². The molecule has 28 heavy (non-hydrogen) atoms. The van der Waals surface area contributed by atoms with Crippen LogP contribution in [0, 0.1) is 11.6 Å². The molecule has 144 valence electrons. The number of carbonyl (C=O) groups excluding carboxylic acids is 2. The smallest absolute Gasteiger partial charge is 0.248 e. The number of aromatic nitrogens is 1. The highest BCUT2D eigenvalue weighted by molar-refractivity contribution is 5.95. The van der Waals surface area contributed by atoms with E-state index in [2.05, 4.69) is 4.98 Å². The minimum absolute atomic E-state index is 0.0955. The van der Waals surface area contributed by atoms with Crippen LogP contribution >= 0.6 is 0 Å². The number of anilines is 1. The molecule has 0 aliphatic heterocycles. The first-order chi connectivity index (χ1) is 13.3. The Kier molecular flexibility index (Phi) is 5.49. The van der Waals surface area contributed by atoms with Crippen molar-refractivity contribution in [3.63, 3.8) is 0 Å². The average molecular weight is 385 g/mol. The van der Waals surface area contributed by atoms with Gasteiger partial charge in [0.1, 0.15) is 11.6 Å². The van der Waals surface area contributed by atoms with Crippen LogP contribution in [0.3, 0.4) is 0 Å². The van der Waals surface area contributed by atoms with E-state index in [1.54, 1.807) is 31.3 Å².